The molecular formula is C10H18. The Morgan fingerprint density at radius 1 is 1.60 bits per heavy atom. The van der Waals surface area contributed by atoms with Gasteiger partial charge in [0.25, 0.3) is 0 Å². The zero-order valence-corrected chi connectivity index (χ0v) is 7.19. The van der Waals surface area contributed by atoms with Gasteiger partial charge in [-0.2, -0.15) is 0 Å². The highest BCUT2D eigenvalue weighted by Gasteiger charge is 1.97. The summed E-state index contributed by atoms with van der Waals surface area (Å²) < 4.78 is 0. The van der Waals surface area contributed by atoms with Crippen molar-refractivity contribution in [3.05, 3.63) is 24.8 Å². The number of hydrogen-bond donors (Lipinski definition) is 0. The molecule has 0 nitrogen and oxygen atoms in total. The first-order valence-corrected chi connectivity index (χ1v) is 3.92. The third-order valence-corrected chi connectivity index (χ3v) is 1.63. The van der Waals surface area contributed by atoms with E-state index in [2.05, 4.69) is 27.0 Å². The maximum absolute atomic E-state index is 3.86. The van der Waals surface area contributed by atoms with Gasteiger partial charge >= 0.3 is 0 Å². The average molecular weight is 138 g/mol. The van der Waals surface area contributed by atoms with E-state index < -0.39 is 0 Å². The maximum atomic E-state index is 3.86. The molecule has 0 aromatic carbocycles. The van der Waals surface area contributed by atoms with E-state index >= 15 is 0 Å². The summed E-state index contributed by atoms with van der Waals surface area (Å²) in [7, 11) is 0. The standard InChI is InChI=1S/C10H18/c1-5-6-10(4)8-7-9(2)3/h5,10H,1-2,6-8H2,3-4H3. The molecule has 0 aliphatic rings. The van der Waals surface area contributed by atoms with E-state index in [1.165, 1.54) is 12.0 Å². The predicted molar refractivity (Wildman–Crippen MR) is 48.0 cm³/mol. The molecule has 0 aromatic rings. The van der Waals surface area contributed by atoms with Gasteiger partial charge in [0.05, 0.1) is 0 Å². The van der Waals surface area contributed by atoms with Crippen LogP contribution in [0.2, 0.25) is 0 Å². The van der Waals surface area contributed by atoms with Gasteiger partial charge in [0.15, 0.2) is 0 Å². The van der Waals surface area contributed by atoms with Crippen LogP contribution in [-0.4, -0.2) is 0 Å². The van der Waals surface area contributed by atoms with Crippen molar-refractivity contribution in [2.24, 2.45) is 5.92 Å². The van der Waals surface area contributed by atoms with Gasteiger partial charge in [-0.15, -0.1) is 13.2 Å². The Hall–Kier alpha value is -0.520. The predicted octanol–water partition coefficient (Wildman–Crippen LogP) is 3.55. The Bertz CT molecular complexity index is 111. The number of allylic oxidation sites excluding steroid dienone is 2. The quantitative estimate of drug-likeness (QED) is 0.510. The second-order valence-corrected chi connectivity index (χ2v) is 3.13. The number of hydrogen-bond acceptors (Lipinski definition) is 0. The zero-order valence-electron chi connectivity index (χ0n) is 7.19. The summed E-state index contributed by atoms with van der Waals surface area (Å²) >= 11 is 0. The normalized spacial score (nSPS) is 12.6. The highest BCUT2D eigenvalue weighted by atomic mass is 14.0. The van der Waals surface area contributed by atoms with Gasteiger partial charge in [-0.05, 0) is 32.1 Å². The lowest BCUT2D eigenvalue weighted by Crippen LogP contribution is -1.91. The third-order valence-electron chi connectivity index (χ3n) is 1.63. The van der Waals surface area contributed by atoms with Crippen LogP contribution in [0.15, 0.2) is 24.8 Å². The fourth-order valence-electron chi connectivity index (χ4n) is 0.895. The molecule has 0 aliphatic heterocycles. The first kappa shape index (κ1) is 9.48. The average Bonchev–Trinajstić information content (AvgIpc) is 1.85. The van der Waals surface area contributed by atoms with Crippen molar-refractivity contribution in [2.45, 2.75) is 33.1 Å². The smallest absolute Gasteiger partial charge is 0.0323 e. The van der Waals surface area contributed by atoms with Crippen LogP contribution in [0.5, 0.6) is 0 Å². The minimum absolute atomic E-state index is 0.772. The second kappa shape index (κ2) is 5.28. The van der Waals surface area contributed by atoms with Crippen molar-refractivity contribution in [2.75, 3.05) is 0 Å². The molecule has 1 atom stereocenters. The van der Waals surface area contributed by atoms with Crippen LogP contribution in [0.25, 0.3) is 0 Å². The van der Waals surface area contributed by atoms with Crippen molar-refractivity contribution < 1.29 is 0 Å². The molecule has 0 fully saturated rings. The van der Waals surface area contributed by atoms with Crippen molar-refractivity contribution in [1.29, 1.82) is 0 Å². The minimum atomic E-state index is 0.772. The first-order valence-electron chi connectivity index (χ1n) is 3.92. The molecule has 0 heteroatoms. The molecule has 0 N–H and O–H groups in total. The summed E-state index contributed by atoms with van der Waals surface area (Å²) in [6, 6.07) is 0. The lowest BCUT2D eigenvalue weighted by atomic mass is 10.00. The van der Waals surface area contributed by atoms with Crippen LogP contribution in [0.1, 0.15) is 33.1 Å². The summed E-state index contributed by atoms with van der Waals surface area (Å²) in [5.74, 6) is 0.772. The molecule has 0 bridgehead atoms. The van der Waals surface area contributed by atoms with Crippen molar-refractivity contribution in [1.82, 2.24) is 0 Å². The Balaban J connectivity index is 3.29. The molecule has 0 amide bonds. The molecule has 0 aromatic heterocycles. The van der Waals surface area contributed by atoms with Gasteiger partial charge in [0.2, 0.25) is 0 Å². The Kier molecular flexibility index (Phi) is 5.00. The van der Waals surface area contributed by atoms with Crippen LogP contribution in [0, 0.1) is 5.92 Å². The fourth-order valence-corrected chi connectivity index (χ4v) is 0.895. The van der Waals surface area contributed by atoms with Gasteiger partial charge in [-0.3, -0.25) is 0 Å². The SMILES string of the molecule is C=CCC(C)CCC(=C)C. The molecule has 0 aliphatic carbocycles. The van der Waals surface area contributed by atoms with E-state index in [9.17, 15) is 0 Å². The van der Waals surface area contributed by atoms with E-state index in [1.807, 2.05) is 6.08 Å². The van der Waals surface area contributed by atoms with Crippen LogP contribution in [0.4, 0.5) is 0 Å². The summed E-state index contributed by atoms with van der Waals surface area (Å²) in [6.45, 7) is 11.9. The molecule has 58 valence electrons. The Morgan fingerprint density at radius 3 is 2.60 bits per heavy atom. The van der Waals surface area contributed by atoms with Crippen LogP contribution >= 0.6 is 0 Å². The Labute approximate surface area is 64.6 Å². The van der Waals surface area contributed by atoms with Gasteiger partial charge < -0.3 is 0 Å². The number of rotatable bonds is 5. The summed E-state index contributed by atoms with van der Waals surface area (Å²) in [4.78, 5) is 0. The molecule has 0 saturated heterocycles. The first-order chi connectivity index (χ1) is 4.66. The summed E-state index contributed by atoms with van der Waals surface area (Å²) in [5, 5.41) is 0. The topological polar surface area (TPSA) is 0 Å². The van der Waals surface area contributed by atoms with E-state index in [4.69, 9.17) is 0 Å². The maximum Gasteiger partial charge on any atom is -0.0323 e. The molecule has 0 rings (SSSR count). The van der Waals surface area contributed by atoms with Crippen LogP contribution < -0.4 is 0 Å². The van der Waals surface area contributed by atoms with Crippen LogP contribution in [0.3, 0.4) is 0 Å². The lowest BCUT2D eigenvalue weighted by Gasteiger charge is -2.06. The molecule has 1 unspecified atom stereocenters. The summed E-state index contributed by atoms with van der Waals surface area (Å²) in [5.41, 5.74) is 1.29. The largest absolute Gasteiger partial charge is 0.103 e. The zero-order chi connectivity index (χ0) is 7.98. The van der Waals surface area contributed by atoms with Crippen molar-refractivity contribution in [3.63, 3.8) is 0 Å². The molecule has 0 heterocycles. The molecular weight excluding hydrogens is 120 g/mol. The third kappa shape index (κ3) is 5.61. The highest BCUT2D eigenvalue weighted by Crippen LogP contribution is 2.13. The van der Waals surface area contributed by atoms with Crippen molar-refractivity contribution >= 4 is 0 Å². The van der Waals surface area contributed by atoms with Crippen LogP contribution in [-0.2, 0) is 0 Å². The van der Waals surface area contributed by atoms with E-state index in [0.717, 1.165) is 18.8 Å². The van der Waals surface area contributed by atoms with E-state index in [1.54, 1.807) is 0 Å². The minimum Gasteiger partial charge on any atom is -0.103 e. The van der Waals surface area contributed by atoms with Gasteiger partial charge in [-0.1, -0.05) is 18.6 Å². The second-order valence-electron chi connectivity index (χ2n) is 3.13. The molecule has 10 heavy (non-hydrogen) atoms. The lowest BCUT2D eigenvalue weighted by molar-refractivity contribution is 0.540. The Morgan fingerprint density at radius 2 is 2.20 bits per heavy atom. The van der Waals surface area contributed by atoms with Gasteiger partial charge in [0.1, 0.15) is 0 Å². The molecule has 0 spiro atoms. The summed E-state index contributed by atoms with van der Waals surface area (Å²) in [6.07, 6.45) is 5.53. The highest BCUT2D eigenvalue weighted by molar-refractivity contribution is 4.88. The van der Waals surface area contributed by atoms with Gasteiger partial charge in [0, 0.05) is 0 Å². The van der Waals surface area contributed by atoms with Crippen molar-refractivity contribution in [3.8, 4) is 0 Å². The van der Waals surface area contributed by atoms with Gasteiger partial charge in [-0.25, -0.2) is 0 Å². The monoisotopic (exact) mass is 138 g/mol. The fraction of sp³-hybridized carbons (Fsp3) is 0.600. The van der Waals surface area contributed by atoms with E-state index in [0.29, 0.717) is 0 Å². The molecule has 0 radical (unpaired) electrons. The molecule has 0 saturated carbocycles. The van der Waals surface area contributed by atoms with E-state index in [-0.39, 0.29) is 0 Å².